The van der Waals surface area contributed by atoms with Gasteiger partial charge >= 0.3 is 0 Å². The van der Waals surface area contributed by atoms with E-state index >= 15 is 0 Å². The number of nitrogens with two attached hydrogens (primary N) is 1. The highest BCUT2D eigenvalue weighted by atomic mass is 35.5. The van der Waals surface area contributed by atoms with Crippen molar-refractivity contribution in [3.63, 3.8) is 0 Å². The summed E-state index contributed by atoms with van der Waals surface area (Å²) < 4.78 is 1.53. The minimum Gasteiger partial charge on any atom is -0.375 e. The number of para-hydroxylation sites is 1. The number of benzene rings is 1. The number of amides is 1. The van der Waals surface area contributed by atoms with Crippen LogP contribution in [0.5, 0.6) is 0 Å². The molecule has 1 heterocycles. The van der Waals surface area contributed by atoms with E-state index in [-0.39, 0.29) is 11.6 Å². The fourth-order valence-corrected chi connectivity index (χ4v) is 2.24. The SMILES string of the molecule is CN(C)c1c(Cl)cccc1NC(=O)c1cn(CCN)nn1. The van der Waals surface area contributed by atoms with Crippen LogP contribution in [0.4, 0.5) is 11.4 Å². The van der Waals surface area contributed by atoms with Crippen molar-refractivity contribution in [3.05, 3.63) is 35.1 Å². The van der Waals surface area contributed by atoms with Crippen molar-refractivity contribution in [1.82, 2.24) is 15.0 Å². The van der Waals surface area contributed by atoms with Gasteiger partial charge in [0.25, 0.3) is 5.91 Å². The van der Waals surface area contributed by atoms with Crippen LogP contribution in [0.2, 0.25) is 5.02 Å². The molecule has 112 valence electrons. The highest BCUT2D eigenvalue weighted by Gasteiger charge is 2.15. The Kier molecular flexibility index (Phi) is 4.77. The molecule has 0 bridgehead atoms. The molecule has 21 heavy (non-hydrogen) atoms. The lowest BCUT2D eigenvalue weighted by Crippen LogP contribution is -2.17. The van der Waals surface area contributed by atoms with E-state index in [1.807, 2.05) is 19.0 Å². The average Bonchev–Trinajstić information content (AvgIpc) is 2.87. The molecule has 7 nitrogen and oxygen atoms in total. The Bertz CT molecular complexity index is 639. The van der Waals surface area contributed by atoms with Crippen LogP contribution in [0.25, 0.3) is 0 Å². The van der Waals surface area contributed by atoms with Gasteiger partial charge in [0.2, 0.25) is 0 Å². The van der Waals surface area contributed by atoms with E-state index in [2.05, 4.69) is 15.6 Å². The van der Waals surface area contributed by atoms with E-state index < -0.39 is 0 Å². The monoisotopic (exact) mass is 308 g/mol. The molecule has 3 N–H and O–H groups in total. The normalized spacial score (nSPS) is 10.5. The predicted molar refractivity (Wildman–Crippen MR) is 82.8 cm³/mol. The average molecular weight is 309 g/mol. The molecule has 2 rings (SSSR count). The third kappa shape index (κ3) is 3.50. The highest BCUT2D eigenvalue weighted by molar-refractivity contribution is 6.34. The molecule has 0 saturated heterocycles. The van der Waals surface area contributed by atoms with Gasteiger partial charge in [0.1, 0.15) is 0 Å². The van der Waals surface area contributed by atoms with Crippen LogP contribution in [-0.2, 0) is 6.54 Å². The largest absolute Gasteiger partial charge is 0.375 e. The summed E-state index contributed by atoms with van der Waals surface area (Å²) in [6.07, 6.45) is 1.56. The maximum atomic E-state index is 12.2. The number of rotatable bonds is 5. The number of halogens is 1. The quantitative estimate of drug-likeness (QED) is 0.866. The number of hydrogen-bond acceptors (Lipinski definition) is 5. The first-order valence-corrected chi connectivity index (χ1v) is 6.78. The van der Waals surface area contributed by atoms with Crippen LogP contribution in [0, 0.1) is 0 Å². The molecule has 0 saturated carbocycles. The summed E-state index contributed by atoms with van der Waals surface area (Å²) in [6.45, 7) is 0.948. The Morgan fingerprint density at radius 3 is 2.90 bits per heavy atom. The molecule has 8 heteroatoms. The van der Waals surface area contributed by atoms with Gasteiger partial charge in [-0.05, 0) is 12.1 Å². The molecule has 0 radical (unpaired) electrons. The van der Waals surface area contributed by atoms with Gasteiger partial charge in [-0.2, -0.15) is 0 Å². The number of carbonyl (C=O) groups excluding carboxylic acids is 1. The van der Waals surface area contributed by atoms with Gasteiger partial charge in [-0.25, -0.2) is 0 Å². The summed E-state index contributed by atoms with van der Waals surface area (Å²) in [5.41, 5.74) is 7.01. The summed E-state index contributed by atoms with van der Waals surface area (Å²) in [4.78, 5) is 14.0. The molecular formula is C13H17ClN6O. The second-order valence-corrected chi connectivity index (χ2v) is 5.05. The van der Waals surface area contributed by atoms with E-state index in [9.17, 15) is 4.79 Å². The molecule has 1 amide bonds. The van der Waals surface area contributed by atoms with Gasteiger partial charge < -0.3 is 16.0 Å². The van der Waals surface area contributed by atoms with Crippen LogP contribution >= 0.6 is 11.6 Å². The number of anilines is 2. The standard InChI is InChI=1S/C13H17ClN6O/c1-19(2)12-9(14)4-3-5-10(12)16-13(21)11-8-20(7-6-15)18-17-11/h3-5,8H,6-7,15H2,1-2H3,(H,16,21). The van der Waals surface area contributed by atoms with E-state index in [1.165, 1.54) is 4.68 Å². The minimum atomic E-state index is -0.344. The summed E-state index contributed by atoms with van der Waals surface area (Å²) in [5.74, 6) is -0.344. The first-order chi connectivity index (χ1) is 10.0. The molecule has 0 fully saturated rings. The first-order valence-electron chi connectivity index (χ1n) is 6.40. The third-order valence-corrected chi connectivity index (χ3v) is 3.12. The Morgan fingerprint density at radius 2 is 2.24 bits per heavy atom. The van der Waals surface area contributed by atoms with E-state index in [0.717, 1.165) is 5.69 Å². The molecule has 0 aliphatic heterocycles. The van der Waals surface area contributed by atoms with Crippen LogP contribution in [0.3, 0.4) is 0 Å². The summed E-state index contributed by atoms with van der Waals surface area (Å²) in [5, 5.41) is 11.0. The zero-order chi connectivity index (χ0) is 15.4. The topological polar surface area (TPSA) is 89.1 Å². The van der Waals surface area contributed by atoms with Crippen molar-refractivity contribution in [3.8, 4) is 0 Å². The highest BCUT2D eigenvalue weighted by Crippen LogP contribution is 2.32. The van der Waals surface area contributed by atoms with Crippen molar-refractivity contribution in [2.75, 3.05) is 30.9 Å². The van der Waals surface area contributed by atoms with Crippen molar-refractivity contribution in [2.24, 2.45) is 5.73 Å². The molecular weight excluding hydrogens is 292 g/mol. The van der Waals surface area contributed by atoms with Gasteiger partial charge in [0, 0.05) is 20.6 Å². The molecule has 0 unspecified atom stereocenters. The number of nitrogens with zero attached hydrogens (tertiary/aromatic N) is 4. The molecule has 1 aromatic carbocycles. The number of hydrogen-bond donors (Lipinski definition) is 2. The van der Waals surface area contributed by atoms with Crippen molar-refractivity contribution in [2.45, 2.75) is 6.54 Å². The van der Waals surface area contributed by atoms with Crippen LogP contribution < -0.4 is 16.0 Å². The van der Waals surface area contributed by atoms with Crippen molar-refractivity contribution >= 4 is 28.9 Å². The summed E-state index contributed by atoms with van der Waals surface area (Å²) in [7, 11) is 3.71. The lowest BCUT2D eigenvalue weighted by molar-refractivity contribution is 0.102. The zero-order valence-corrected chi connectivity index (χ0v) is 12.6. The molecule has 0 spiro atoms. The molecule has 0 aliphatic carbocycles. The van der Waals surface area contributed by atoms with Gasteiger partial charge in [0.05, 0.1) is 29.1 Å². The molecule has 2 aromatic rings. The lowest BCUT2D eigenvalue weighted by atomic mass is 10.2. The molecule has 0 aliphatic rings. The Balaban J connectivity index is 2.21. The zero-order valence-electron chi connectivity index (χ0n) is 11.9. The maximum Gasteiger partial charge on any atom is 0.277 e. The van der Waals surface area contributed by atoms with Gasteiger partial charge in [-0.3, -0.25) is 9.48 Å². The fraction of sp³-hybridized carbons (Fsp3) is 0.308. The summed E-state index contributed by atoms with van der Waals surface area (Å²) in [6, 6.07) is 5.32. The van der Waals surface area contributed by atoms with Crippen LogP contribution in [0.1, 0.15) is 10.5 Å². The number of aromatic nitrogens is 3. The second-order valence-electron chi connectivity index (χ2n) is 4.64. The maximum absolute atomic E-state index is 12.2. The Hall–Kier alpha value is -2.12. The number of nitrogens with one attached hydrogen (secondary N) is 1. The minimum absolute atomic E-state index is 0.230. The molecule has 0 atom stereocenters. The van der Waals surface area contributed by atoms with E-state index in [0.29, 0.717) is 23.8 Å². The number of carbonyl (C=O) groups is 1. The van der Waals surface area contributed by atoms with E-state index in [1.54, 1.807) is 24.4 Å². The Morgan fingerprint density at radius 1 is 1.48 bits per heavy atom. The van der Waals surface area contributed by atoms with E-state index in [4.69, 9.17) is 17.3 Å². The third-order valence-electron chi connectivity index (χ3n) is 2.81. The smallest absolute Gasteiger partial charge is 0.277 e. The Labute approximate surface area is 127 Å². The second kappa shape index (κ2) is 6.55. The summed E-state index contributed by atoms with van der Waals surface area (Å²) >= 11 is 6.16. The molecule has 1 aromatic heterocycles. The van der Waals surface area contributed by atoms with Crippen molar-refractivity contribution < 1.29 is 4.79 Å². The predicted octanol–water partition coefficient (Wildman–Crippen LogP) is 1.21. The van der Waals surface area contributed by atoms with Crippen LogP contribution in [-0.4, -0.2) is 41.5 Å². The van der Waals surface area contributed by atoms with Crippen molar-refractivity contribution in [1.29, 1.82) is 0 Å². The lowest BCUT2D eigenvalue weighted by Gasteiger charge is -2.19. The van der Waals surface area contributed by atoms with Gasteiger partial charge in [-0.1, -0.05) is 22.9 Å². The van der Waals surface area contributed by atoms with Gasteiger partial charge in [-0.15, -0.1) is 5.10 Å². The first kappa shape index (κ1) is 15.3. The van der Waals surface area contributed by atoms with Gasteiger partial charge in [0.15, 0.2) is 5.69 Å². The fourth-order valence-electron chi connectivity index (χ4n) is 1.90. The van der Waals surface area contributed by atoms with Crippen LogP contribution in [0.15, 0.2) is 24.4 Å².